The van der Waals surface area contributed by atoms with Crippen LogP contribution in [0.3, 0.4) is 0 Å². The summed E-state index contributed by atoms with van der Waals surface area (Å²) in [7, 11) is 3.85. The molecular formula is C14H22N2O2. The molecule has 2 rings (SSSR count). The molecule has 0 radical (unpaired) electrons. The summed E-state index contributed by atoms with van der Waals surface area (Å²) in [6, 6.07) is 8.33. The molecule has 0 aromatic heterocycles. The van der Waals surface area contributed by atoms with Crippen molar-refractivity contribution in [1.29, 1.82) is 0 Å². The summed E-state index contributed by atoms with van der Waals surface area (Å²) < 4.78 is 10.5. The van der Waals surface area contributed by atoms with Crippen LogP contribution in [0.4, 0.5) is 5.69 Å². The Morgan fingerprint density at radius 1 is 1.00 bits per heavy atom. The molecule has 4 heteroatoms. The number of hydrogen-bond donors (Lipinski definition) is 0. The third-order valence-electron chi connectivity index (χ3n) is 3.26. The summed E-state index contributed by atoms with van der Waals surface area (Å²) in [6.07, 6.45) is 0. The highest BCUT2D eigenvalue weighted by atomic mass is 16.5. The summed E-state index contributed by atoms with van der Waals surface area (Å²) >= 11 is 0. The number of anilines is 1. The van der Waals surface area contributed by atoms with E-state index in [0.29, 0.717) is 13.2 Å². The molecule has 4 nitrogen and oxygen atoms in total. The first-order valence-electron chi connectivity index (χ1n) is 6.45. The zero-order valence-corrected chi connectivity index (χ0v) is 11.3. The van der Waals surface area contributed by atoms with Crippen molar-refractivity contribution in [3.05, 3.63) is 24.3 Å². The molecule has 1 aromatic rings. The van der Waals surface area contributed by atoms with Gasteiger partial charge in [-0.25, -0.2) is 0 Å². The van der Waals surface area contributed by atoms with E-state index in [-0.39, 0.29) is 0 Å². The number of nitrogens with zero attached hydrogens (tertiary/aromatic N) is 2. The van der Waals surface area contributed by atoms with Crippen LogP contribution in [0.5, 0.6) is 5.75 Å². The Morgan fingerprint density at radius 2 is 1.67 bits per heavy atom. The van der Waals surface area contributed by atoms with E-state index in [1.807, 2.05) is 12.1 Å². The standard InChI is InChI=1S/C14H22N2O2/c1-15-7-9-16(10-8-15)13-3-5-14(6-4-13)18-12-11-17-2/h3-6H,7-12H2,1-2H3. The highest BCUT2D eigenvalue weighted by molar-refractivity contribution is 5.49. The molecule has 0 unspecified atom stereocenters. The van der Waals surface area contributed by atoms with Crippen LogP contribution >= 0.6 is 0 Å². The summed E-state index contributed by atoms with van der Waals surface area (Å²) in [6.45, 7) is 5.68. The van der Waals surface area contributed by atoms with Gasteiger partial charge in [0.25, 0.3) is 0 Å². The Bertz CT molecular complexity index is 345. The van der Waals surface area contributed by atoms with E-state index in [2.05, 4.69) is 29.0 Å². The fraction of sp³-hybridized carbons (Fsp3) is 0.571. The summed E-state index contributed by atoms with van der Waals surface area (Å²) in [5.74, 6) is 0.907. The van der Waals surface area contributed by atoms with E-state index in [4.69, 9.17) is 9.47 Å². The Balaban J connectivity index is 1.87. The molecule has 18 heavy (non-hydrogen) atoms. The second-order valence-electron chi connectivity index (χ2n) is 4.63. The lowest BCUT2D eigenvalue weighted by molar-refractivity contribution is 0.146. The van der Waals surface area contributed by atoms with Crippen LogP contribution in [0.25, 0.3) is 0 Å². The first-order valence-corrected chi connectivity index (χ1v) is 6.45. The van der Waals surface area contributed by atoms with Gasteiger partial charge in [0.15, 0.2) is 0 Å². The average Bonchev–Trinajstić information content (AvgIpc) is 2.41. The normalized spacial score (nSPS) is 16.9. The van der Waals surface area contributed by atoms with Crippen LogP contribution in [-0.4, -0.2) is 58.5 Å². The predicted octanol–water partition coefficient (Wildman–Crippen LogP) is 1.46. The molecule has 0 bridgehead atoms. The zero-order chi connectivity index (χ0) is 12.8. The maximum atomic E-state index is 5.55. The van der Waals surface area contributed by atoms with Gasteiger partial charge >= 0.3 is 0 Å². The minimum atomic E-state index is 0.602. The van der Waals surface area contributed by atoms with Gasteiger partial charge in [-0.15, -0.1) is 0 Å². The summed E-state index contributed by atoms with van der Waals surface area (Å²) in [4.78, 5) is 4.78. The van der Waals surface area contributed by atoms with Crippen molar-refractivity contribution in [1.82, 2.24) is 4.90 Å². The molecule has 1 fully saturated rings. The Morgan fingerprint density at radius 3 is 2.28 bits per heavy atom. The molecule has 1 aliphatic heterocycles. The minimum absolute atomic E-state index is 0.602. The fourth-order valence-corrected chi connectivity index (χ4v) is 2.06. The molecule has 1 aromatic carbocycles. The molecular weight excluding hydrogens is 228 g/mol. The van der Waals surface area contributed by atoms with Crippen molar-refractivity contribution >= 4 is 5.69 Å². The molecule has 0 N–H and O–H groups in total. The molecule has 100 valence electrons. The van der Waals surface area contributed by atoms with Crippen LogP contribution in [0.2, 0.25) is 0 Å². The zero-order valence-electron chi connectivity index (χ0n) is 11.3. The first-order chi connectivity index (χ1) is 8.79. The Hall–Kier alpha value is -1.26. The first kappa shape index (κ1) is 13.2. The third kappa shape index (κ3) is 3.62. The van der Waals surface area contributed by atoms with Gasteiger partial charge < -0.3 is 19.3 Å². The van der Waals surface area contributed by atoms with Gasteiger partial charge in [-0.1, -0.05) is 0 Å². The second-order valence-corrected chi connectivity index (χ2v) is 4.63. The van der Waals surface area contributed by atoms with Crippen LogP contribution in [0.15, 0.2) is 24.3 Å². The van der Waals surface area contributed by atoms with Gasteiger partial charge in [-0.05, 0) is 31.3 Å². The number of methoxy groups -OCH3 is 1. The molecule has 1 aliphatic rings. The minimum Gasteiger partial charge on any atom is -0.491 e. The Kier molecular flexibility index (Phi) is 4.84. The van der Waals surface area contributed by atoms with Gasteiger partial charge in [0, 0.05) is 39.0 Å². The molecule has 1 saturated heterocycles. The maximum Gasteiger partial charge on any atom is 0.119 e. The molecule has 0 aliphatic carbocycles. The lowest BCUT2D eigenvalue weighted by atomic mass is 10.2. The van der Waals surface area contributed by atoms with E-state index in [1.54, 1.807) is 7.11 Å². The van der Waals surface area contributed by atoms with E-state index < -0.39 is 0 Å². The van der Waals surface area contributed by atoms with Gasteiger partial charge in [0.05, 0.1) is 6.61 Å². The summed E-state index contributed by atoms with van der Waals surface area (Å²) in [5, 5.41) is 0. The molecule has 1 heterocycles. The number of rotatable bonds is 5. The molecule has 0 amide bonds. The van der Waals surface area contributed by atoms with Crippen LogP contribution in [-0.2, 0) is 4.74 Å². The SMILES string of the molecule is COCCOc1ccc(N2CCN(C)CC2)cc1. The van der Waals surface area contributed by atoms with Crippen molar-refractivity contribution in [3.8, 4) is 5.75 Å². The fourth-order valence-electron chi connectivity index (χ4n) is 2.06. The van der Waals surface area contributed by atoms with E-state index in [1.165, 1.54) is 5.69 Å². The lowest BCUT2D eigenvalue weighted by Gasteiger charge is -2.34. The topological polar surface area (TPSA) is 24.9 Å². The van der Waals surface area contributed by atoms with Gasteiger partial charge in [-0.3, -0.25) is 0 Å². The third-order valence-corrected chi connectivity index (χ3v) is 3.26. The van der Waals surface area contributed by atoms with E-state index in [0.717, 1.165) is 31.9 Å². The lowest BCUT2D eigenvalue weighted by Crippen LogP contribution is -2.44. The molecule has 0 saturated carbocycles. The number of likely N-dealkylation sites (N-methyl/N-ethyl adjacent to an activating group) is 1. The van der Waals surface area contributed by atoms with Gasteiger partial charge in [-0.2, -0.15) is 0 Å². The number of piperazine rings is 1. The number of benzene rings is 1. The van der Waals surface area contributed by atoms with Gasteiger partial charge in [0.1, 0.15) is 12.4 Å². The van der Waals surface area contributed by atoms with Crippen LogP contribution < -0.4 is 9.64 Å². The molecule has 0 spiro atoms. The highest BCUT2D eigenvalue weighted by Crippen LogP contribution is 2.20. The maximum absolute atomic E-state index is 5.55. The number of hydrogen-bond acceptors (Lipinski definition) is 4. The van der Waals surface area contributed by atoms with Crippen molar-refractivity contribution in [3.63, 3.8) is 0 Å². The van der Waals surface area contributed by atoms with E-state index >= 15 is 0 Å². The largest absolute Gasteiger partial charge is 0.491 e. The van der Waals surface area contributed by atoms with Crippen molar-refractivity contribution in [2.75, 3.05) is 58.5 Å². The molecule has 0 atom stereocenters. The summed E-state index contributed by atoms with van der Waals surface area (Å²) in [5.41, 5.74) is 1.28. The Labute approximate surface area is 109 Å². The van der Waals surface area contributed by atoms with Crippen LogP contribution in [0.1, 0.15) is 0 Å². The quantitative estimate of drug-likeness (QED) is 0.739. The smallest absolute Gasteiger partial charge is 0.119 e. The number of ether oxygens (including phenoxy) is 2. The average molecular weight is 250 g/mol. The monoisotopic (exact) mass is 250 g/mol. The van der Waals surface area contributed by atoms with Crippen molar-refractivity contribution in [2.45, 2.75) is 0 Å². The highest BCUT2D eigenvalue weighted by Gasteiger charge is 2.13. The van der Waals surface area contributed by atoms with Crippen LogP contribution in [0, 0.1) is 0 Å². The second kappa shape index (κ2) is 6.61. The van der Waals surface area contributed by atoms with E-state index in [9.17, 15) is 0 Å². The predicted molar refractivity (Wildman–Crippen MR) is 73.5 cm³/mol. The van der Waals surface area contributed by atoms with Crippen molar-refractivity contribution < 1.29 is 9.47 Å². The van der Waals surface area contributed by atoms with Crippen molar-refractivity contribution in [2.24, 2.45) is 0 Å². The van der Waals surface area contributed by atoms with Gasteiger partial charge in [0.2, 0.25) is 0 Å².